The Morgan fingerprint density at radius 3 is 2.19 bits per heavy atom. The van der Waals surface area contributed by atoms with Crippen molar-refractivity contribution in [1.82, 2.24) is 4.90 Å². The summed E-state index contributed by atoms with van der Waals surface area (Å²) in [5.74, 6) is -1.91. The molecule has 0 spiro atoms. The van der Waals surface area contributed by atoms with Crippen LogP contribution < -0.4 is 0 Å². The minimum Gasteiger partial charge on any atom is -0.477 e. The van der Waals surface area contributed by atoms with Crippen LogP contribution >= 0.6 is 0 Å². The number of rotatable bonds is 5. The minimum absolute atomic E-state index is 0.0456. The Labute approximate surface area is 148 Å². The quantitative estimate of drug-likeness (QED) is 0.792. The maximum atomic E-state index is 12.7. The first kappa shape index (κ1) is 21.1. The summed E-state index contributed by atoms with van der Waals surface area (Å²) in [7, 11) is 0. The molecule has 0 bridgehead atoms. The Morgan fingerprint density at radius 1 is 1.15 bits per heavy atom. The van der Waals surface area contributed by atoms with Gasteiger partial charge in [-0.3, -0.25) is 0 Å². The number of carboxylic acid groups (broad SMARTS) is 1. The van der Waals surface area contributed by atoms with Crippen molar-refractivity contribution < 1.29 is 37.7 Å². The first-order chi connectivity index (χ1) is 12.0. The largest absolute Gasteiger partial charge is 0.477 e. The molecule has 2 amide bonds. The highest BCUT2D eigenvalue weighted by Crippen LogP contribution is 2.17. The number of carbonyl (C=O) groups excluding carboxylic acids is 2. The van der Waals surface area contributed by atoms with E-state index in [2.05, 4.69) is 0 Å². The third-order valence-electron chi connectivity index (χ3n) is 2.71. The summed E-state index contributed by atoms with van der Waals surface area (Å²) in [6.07, 6.45) is -6.15. The third-order valence-corrected chi connectivity index (χ3v) is 2.71. The highest BCUT2D eigenvalue weighted by Gasteiger charge is 2.35. The molecule has 142 valence electrons. The van der Waals surface area contributed by atoms with Crippen LogP contribution in [0.15, 0.2) is 42.1 Å². The lowest BCUT2D eigenvalue weighted by atomic mass is 10.2. The number of aliphatic carboxylic acids is 1. The molecule has 0 aliphatic rings. The highest BCUT2D eigenvalue weighted by molar-refractivity contribution is 6.00. The third kappa shape index (κ3) is 6.88. The summed E-state index contributed by atoms with van der Waals surface area (Å²) >= 11 is 0. The molecule has 0 unspecified atom stereocenters. The van der Waals surface area contributed by atoms with Crippen molar-refractivity contribution in [3.8, 4) is 0 Å². The summed E-state index contributed by atoms with van der Waals surface area (Å²) in [6.45, 7) is 4.11. The molecule has 26 heavy (non-hydrogen) atoms. The molecule has 1 rings (SSSR count). The summed E-state index contributed by atoms with van der Waals surface area (Å²) in [5.41, 5.74) is -1.80. The van der Waals surface area contributed by atoms with Gasteiger partial charge in [0.25, 0.3) is 6.43 Å². The van der Waals surface area contributed by atoms with Gasteiger partial charge < -0.3 is 14.6 Å². The number of imide groups is 1. The topological polar surface area (TPSA) is 93.1 Å². The number of halogens is 2. The number of carbonyl (C=O) groups is 3. The van der Waals surface area contributed by atoms with Gasteiger partial charge in [0.2, 0.25) is 0 Å². The molecule has 0 aromatic heterocycles. The molecule has 0 radical (unpaired) electrons. The molecule has 0 aliphatic heterocycles. The smallest absolute Gasteiger partial charge is 0.424 e. The van der Waals surface area contributed by atoms with Crippen molar-refractivity contribution in [2.24, 2.45) is 0 Å². The number of hydrogen-bond acceptors (Lipinski definition) is 5. The Bertz CT molecular complexity index is 682. The van der Waals surface area contributed by atoms with Gasteiger partial charge in [0.15, 0.2) is 0 Å². The molecule has 9 heteroatoms. The van der Waals surface area contributed by atoms with Crippen molar-refractivity contribution in [3.63, 3.8) is 0 Å². The van der Waals surface area contributed by atoms with E-state index in [1.807, 2.05) is 0 Å². The number of hydrogen-bond donors (Lipinski definition) is 1. The molecule has 0 saturated carbocycles. The molecular formula is C17H19F2NO6. The van der Waals surface area contributed by atoms with Crippen molar-refractivity contribution in [3.05, 3.63) is 47.7 Å². The van der Waals surface area contributed by atoms with Crippen LogP contribution in [-0.2, 0) is 20.9 Å². The van der Waals surface area contributed by atoms with Crippen LogP contribution in [0.5, 0.6) is 0 Å². The van der Waals surface area contributed by atoms with E-state index in [0.29, 0.717) is 5.56 Å². The second-order valence-electron chi connectivity index (χ2n) is 6.05. The van der Waals surface area contributed by atoms with Crippen LogP contribution in [0, 0.1) is 0 Å². The highest BCUT2D eigenvalue weighted by atomic mass is 19.3. The van der Waals surface area contributed by atoms with Gasteiger partial charge in [-0.2, -0.15) is 4.90 Å². The van der Waals surface area contributed by atoms with Gasteiger partial charge in [0, 0.05) is 6.08 Å². The number of nitrogens with zero attached hydrogens (tertiary/aromatic N) is 1. The summed E-state index contributed by atoms with van der Waals surface area (Å²) < 4.78 is 35.1. The zero-order valence-corrected chi connectivity index (χ0v) is 14.4. The Kier molecular flexibility index (Phi) is 7.24. The number of amides is 2. The minimum atomic E-state index is -3.21. The van der Waals surface area contributed by atoms with Crippen LogP contribution in [0.1, 0.15) is 26.3 Å². The van der Waals surface area contributed by atoms with Crippen molar-refractivity contribution in [2.75, 3.05) is 0 Å². The van der Waals surface area contributed by atoms with E-state index in [0.717, 1.165) is 0 Å². The van der Waals surface area contributed by atoms with E-state index < -0.39 is 35.9 Å². The molecule has 0 aliphatic carbocycles. The van der Waals surface area contributed by atoms with Crippen LogP contribution in [0.3, 0.4) is 0 Å². The first-order valence-electron chi connectivity index (χ1n) is 7.48. The van der Waals surface area contributed by atoms with Crippen molar-refractivity contribution in [2.45, 2.75) is 39.4 Å². The van der Waals surface area contributed by atoms with Gasteiger partial charge in [-0.05, 0) is 26.3 Å². The van der Waals surface area contributed by atoms with E-state index in [1.54, 1.807) is 30.3 Å². The van der Waals surface area contributed by atoms with Gasteiger partial charge in [-0.15, -0.1) is 0 Å². The predicted octanol–water partition coefficient (Wildman–Crippen LogP) is 3.79. The number of allylic oxidation sites excluding steroid dienone is 1. The number of alkyl halides is 2. The Morgan fingerprint density at radius 2 is 1.73 bits per heavy atom. The lowest BCUT2D eigenvalue weighted by Gasteiger charge is -2.25. The molecule has 1 aromatic carbocycles. The van der Waals surface area contributed by atoms with Crippen molar-refractivity contribution >= 4 is 18.2 Å². The number of ether oxygens (including phenoxy) is 2. The standard InChI is InChI=1S/C17H19F2NO6/c1-17(2,3)26-16(24)20(12(14(21)22)9-13(18)19)15(23)25-10-11-7-5-4-6-8-11/h4-9,13H,10H2,1-3H3,(H,21,22)/b12-9-. The summed E-state index contributed by atoms with van der Waals surface area (Å²) in [4.78, 5) is 35.6. The molecule has 0 fully saturated rings. The lowest BCUT2D eigenvalue weighted by Crippen LogP contribution is -2.42. The summed E-state index contributed by atoms with van der Waals surface area (Å²) in [5, 5.41) is 9.12. The maximum absolute atomic E-state index is 12.7. The normalized spacial score (nSPS) is 11.8. The molecule has 1 aromatic rings. The second kappa shape index (κ2) is 8.93. The van der Waals surface area contributed by atoms with E-state index in [4.69, 9.17) is 14.6 Å². The SMILES string of the molecule is CC(C)(C)OC(=O)N(C(=O)OCc1ccccc1)/C(=C\C(F)F)C(=O)O. The predicted molar refractivity (Wildman–Crippen MR) is 86.4 cm³/mol. The zero-order valence-electron chi connectivity index (χ0n) is 14.4. The fraction of sp³-hybridized carbons (Fsp3) is 0.353. The van der Waals surface area contributed by atoms with E-state index in [-0.39, 0.29) is 17.6 Å². The molecule has 1 N–H and O–H groups in total. The van der Waals surface area contributed by atoms with Crippen LogP contribution in [-0.4, -0.2) is 40.2 Å². The van der Waals surface area contributed by atoms with Crippen molar-refractivity contribution in [1.29, 1.82) is 0 Å². The van der Waals surface area contributed by atoms with E-state index in [1.165, 1.54) is 20.8 Å². The average Bonchev–Trinajstić information content (AvgIpc) is 2.51. The number of benzene rings is 1. The fourth-order valence-electron chi connectivity index (χ4n) is 1.72. The first-order valence-corrected chi connectivity index (χ1v) is 7.48. The number of carboxylic acids is 1. The molecule has 0 atom stereocenters. The molecular weight excluding hydrogens is 352 g/mol. The maximum Gasteiger partial charge on any atom is 0.424 e. The monoisotopic (exact) mass is 371 g/mol. The zero-order chi connectivity index (χ0) is 19.9. The Balaban J connectivity index is 3.11. The fourth-order valence-corrected chi connectivity index (χ4v) is 1.72. The average molecular weight is 371 g/mol. The second-order valence-corrected chi connectivity index (χ2v) is 6.05. The molecule has 0 saturated heterocycles. The lowest BCUT2D eigenvalue weighted by molar-refractivity contribution is -0.134. The van der Waals surface area contributed by atoms with Gasteiger partial charge in [0.1, 0.15) is 17.9 Å². The van der Waals surface area contributed by atoms with Gasteiger partial charge in [-0.25, -0.2) is 23.2 Å². The van der Waals surface area contributed by atoms with Gasteiger partial charge >= 0.3 is 18.2 Å². The van der Waals surface area contributed by atoms with Gasteiger partial charge in [-0.1, -0.05) is 30.3 Å². The van der Waals surface area contributed by atoms with E-state index >= 15 is 0 Å². The molecule has 7 nitrogen and oxygen atoms in total. The Hall–Kier alpha value is -2.97. The van der Waals surface area contributed by atoms with Crippen LogP contribution in [0.4, 0.5) is 18.4 Å². The molecule has 0 heterocycles. The van der Waals surface area contributed by atoms with Gasteiger partial charge in [0.05, 0.1) is 0 Å². The van der Waals surface area contributed by atoms with Crippen LogP contribution in [0.25, 0.3) is 0 Å². The van der Waals surface area contributed by atoms with E-state index in [9.17, 15) is 23.2 Å². The van der Waals surface area contributed by atoms with Crippen LogP contribution in [0.2, 0.25) is 0 Å². The summed E-state index contributed by atoms with van der Waals surface area (Å²) in [6, 6.07) is 8.32.